The molecule has 0 spiro atoms. The molecule has 1 unspecified atom stereocenters. The lowest BCUT2D eigenvalue weighted by molar-refractivity contribution is 0.0499. The van der Waals surface area contributed by atoms with Crippen molar-refractivity contribution in [1.82, 2.24) is 20.4 Å². The predicted octanol–water partition coefficient (Wildman–Crippen LogP) is 1.13. The molecular formula is C21H32BN4O4P. The first-order valence-electron chi connectivity index (χ1n) is 10.1. The number of nitrogens with one attached hydrogen (secondary N) is 1. The van der Waals surface area contributed by atoms with E-state index < -0.39 is 18.9 Å². The van der Waals surface area contributed by atoms with Gasteiger partial charge in [-0.1, -0.05) is 46.8 Å². The monoisotopic (exact) mass is 446 g/mol. The third-order valence-electron chi connectivity index (χ3n) is 3.91. The zero-order valence-corrected chi connectivity index (χ0v) is 20.4. The van der Waals surface area contributed by atoms with Crippen LogP contribution in [0.4, 0.5) is 0 Å². The normalized spacial score (nSPS) is 10.6. The lowest BCUT2D eigenvalue weighted by Gasteiger charge is -2.30. The molecule has 2 rings (SSSR count). The van der Waals surface area contributed by atoms with Crippen molar-refractivity contribution in [2.45, 2.75) is 48.5 Å². The van der Waals surface area contributed by atoms with E-state index in [9.17, 15) is 19.6 Å². The maximum absolute atomic E-state index is 13.0. The van der Waals surface area contributed by atoms with Crippen LogP contribution < -0.4 is 16.2 Å². The van der Waals surface area contributed by atoms with Gasteiger partial charge in [0.25, 0.3) is 5.91 Å². The summed E-state index contributed by atoms with van der Waals surface area (Å²) >= 11 is 0. The highest BCUT2D eigenvalue weighted by Gasteiger charge is 2.27. The van der Waals surface area contributed by atoms with E-state index in [4.69, 9.17) is 0 Å². The Kier molecular flexibility index (Phi) is 9.75. The largest absolute Gasteiger partial charge is 0.488 e. The van der Waals surface area contributed by atoms with E-state index in [0.717, 1.165) is 0 Å². The lowest BCUT2D eigenvalue weighted by Crippen LogP contribution is -2.50. The minimum absolute atomic E-state index is 0.0110. The highest BCUT2D eigenvalue weighted by molar-refractivity contribution is 7.27. The average Bonchev–Trinajstić information content (AvgIpc) is 2.66. The van der Waals surface area contributed by atoms with Crippen molar-refractivity contribution in [3.8, 4) is 0 Å². The van der Waals surface area contributed by atoms with Gasteiger partial charge in [0.2, 0.25) is 5.82 Å². The Bertz CT molecular complexity index is 912. The zero-order chi connectivity index (χ0) is 23.9. The van der Waals surface area contributed by atoms with Crippen LogP contribution in [0.25, 0.3) is 0 Å². The molecule has 0 bridgehead atoms. The van der Waals surface area contributed by atoms with Crippen molar-refractivity contribution in [2.75, 3.05) is 6.54 Å². The number of hydrogen-bond acceptors (Lipinski definition) is 6. The SMILES string of the molecule is CC.Cc1cc(C)nc(C(=O)N(CC(C)(C)C)NC(=O)c2ccc(B(O)O)cc2P)n1. The number of amides is 2. The second-order valence-corrected chi connectivity index (χ2v) is 8.71. The Morgan fingerprint density at radius 3 is 2.10 bits per heavy atom. The van der Waals surface area contributed by atoms with Crippen LogP contribution >= 0.6 is 9.24 Å². The van der Waals surface area contributed by atoms with Crippen LogP contribution in [0.3, 0.4) is 0 Å². The minimum Gasteiger partial charge on any atom is -0.423 e. The van der Waals surface area contributed by atoms with Gasteiger partial charge in [0, 0.05) is 23.5 Å². The third-order valence-corrected chi connectivity index (χ3v) is 4.38. The molecule has 10 heteroatoms. The molecular weight excluding hydrogens is 414 g/mol. The predicted molar refractivity (Wildman–Crippen MR) is 126 cm³/mol. The summed E-state index contributed by atoms with van der Waals surface area (Å²) in [6.45, 7) is 13.6. The van der Waals surface area contributed by atoms with Crippen molar-refractivity contribution < 1.29 is 19.6 Å². The highest BCUT2D eigenvalue weighted by Crippen LogP contribution is 2.16. The Labute approximate surface area is 186 Å². The summed E-state index contributed by atoms with van der Waals surface area (Å²) in [5, 5.41) is 20.2. The van der Waals surface area contributed by atoms with Crippen LogP contribution in [0.5, 0.6) is 0 Å². The summed E-state index contributed by atoms with van der Waals surface area (Å²) in [6, 6.07) is 6.16. The van der Waals surface area contributed by atoms with Crippen LogP contribution in [0.1, 0.15) is 67.0 Å². The van der Waals surface area contributed by atoms with Crippen molar-refractivity contribution in [3.63, 3.8) is 0 Å². The van der Waals surface area contributed by atoms with E-state index in [1.165, 1.54) is 23.2 Å². The molecule has 0 aliphatic carbocycles. The van der Waals surface area contributed by atoms with Gasteiger partial charge in [0.15, 0.2) is 0 Å². The Morgan fingerprint density at radius 1 is 1.10 bits per heavy atom. The number of aryl methyl sites for hydroxylation is 2. The molecule has 1 heterocycles. The minimum atomic E-state index is -1.63. The number of aromatic nitrogens is 2. The summed E-state index contributed by atoms with van der Waals surface area (Å²) < 4.78 is 0. The van der Waals surface area contributed by atoms with E-state index in [-0.39, 0.29) is 28.8 Å². The van der Waals surface area contributed by atoms with Crippen molar-refractivity contribution in [2.24, 2.45) is 5.41 Å². The summed E-state index contributed by atoms with van der Waals surface area (Å²) in [7, 11) is 0.751. The first-order valence-corrected chi connectivity index (χ1v) is 10.7. The summed E-state index contributed by atoms with van der Waals surface area (Å²) in [5.74, 6) is -0.999. The van der Waals surface area contributed by atoms with Gasteiger partial charge in [-0.05, 0) is 42.2 Å². The summed E-state index contributed by atoms with van der Waals surface area (Å²) in [5.41, 5.74) is 4.22. The van der Waals surface area contributed by atoms with Crippen molar-refractivity contribution >= 4 is 38.9 Å². The van der Waals surface area contributed by atoms with Gasteiger partial charge in [-0.25, -0.2) is 15.0 Å². The maximum atomic E-state index is 13.0. The van der Waals surface area contributed by atoms with Crippen LogP contribution in [-0.4, -0.2) is 50.5 Å². The van der Waals surface area contributed by atoms with Gasteiger partial charge in [-0.2, -0.15) is 0 Å². The van der Waals surface area contributed by atoms with E-state index in [1.54, 1.807) is 19.9 Å². The molecule has 1 atom stereocenters. The van der Waals surface area contributed by atoms with E-state index in [0.29, 0.717) is 16.7 Å². The first kappa shape index (κ1) is 26.7. The van der Waals surface area contributed by atoms with Gasteiger partial charge in [-0.15, -0.1) is 9.24 Å². The lowest BCUT2D eigenvalue weighted by atomic mass is 9.80. The third kappa shape index (κ3) is 8.01. The number of carbonyl (C=O) groups is 2. The van der Waals surface area contributed by atoms with Crippen LogP contribution in [-0.2, 0) is 0 Å². The number of nitrogens with zero attached hydrogens (tertiary/aromatic N) is 3. The van der Waals surface area contributed by atoms with E-state index in [2.05, 4.69) is 24.6 Å². The molecule has 3 N–H and O–H groups in total. The van der Waals surface area contributed by atoms with E-state index >= 15 is 0 Å². The average molecular weight is 446 g/mol. The molecule has 0 aliphatic rings. The molecule has 0 fully saturated rings. The van der Waals surface area contributed by atoms with E-state index in [1.807, 2.05) is 34.6 Å². The van der Waals surface area contributed by atoms with Crippen LogP contribution in [0, 0.1) is 19.3 Å². The van der Waals surface area contributed by atoms with Gasteiger partial charge >= 0.3 is 13.0 Å². The van der Waals surface area contributed by atoms with Crippen molar-refractivity contribution in [3.05, 3.63) is 47.0 Å². The van der Waals surface area contributed by atoms with Gasteiger partial charge in [-0.3, -0.25) is 15.0 Å². The molecule has 8 nitrogen and oxygen atoms in total. The van der Waals surface area contributed by atoms with Gasteiger partial charge < -0.3 is 10.0 Å². The molecule has 2 amide bonds. The van der Waals surface area contributed by atoms with Gasteiger partial charge in [0.1, 0.15) is 0 Å². The molecule has 0 aliphatic heterocycles. The summed E-state index contributed by atoms with van der Waals surface area (Å²) in [6.07, 6.45) is 0. The Balaban J connectivity index is 0.00000233. The standard InChI is InChI=1S/C19H26BN4O4P.C2H6/c1-11-8-12(2)22-16(21-11)18(26)24(10-19(3,4)5)23-17(25)14-7-6-13(20(27)28)9-15(14)29;1-2/h6-9,27-28H,10,29H2,1-5H3,(H,23,25);1-2H3. The number of benzene rings is 1. The van der Waals surface area contributed by atoms with Gasteiger partial charge in [0.05, 0.1) is 0 Å². The molecule has 31 heavy (non-hydrogen) atoms. The molecule has 0 saturated carbocycles. The van der Waals surface area contributed by atoms with Crippen molar-refractivity contribution in [1.29, 1.82) is 0 Å². The zero-order valence-electron chi connectivity index (χ0n) is 19.2. The molecule has 0 radical (unpaired) electrons. The molecule has 2 aromatic rings. The van der Waals surface area contributed by atoms with Crippen LogP contribution in [0.2, 0.25) is 0 Å². The molecule has 168 valence electrons. The number of rotatable bonds is 4. The molecule has 1 aromatic carbocycles. The fraction of sp³-hybridized carbons (Fsp3) is 0.429. The Hall–Kier alpha value is -2.35. The number of hydrogen-bond donors (Lipinski definition) is 3. The quantitative estimate of drug-likeness (QED) is 0.369. The number of hydrazine groups is 1. The number of carbonyl (C=O) groups excluding carboxylic acids is 2. The highest BCUT2D eigenvalue weighted by atomic mass is 31.0. The fourth-order valence-electron chi connectivity index (χ4n) is 2.71. The van der Waals surface area contributed by atoms with Crippen LogP contribution in [0.15, 0.2) is 24.3 Å². The second kappa shape index (κ2) is 11.3. The molecule has 1 aromatic heterocycles. The topological polar surface area (TPSA) is 116 Å². The maximum Gasteiger partial charge on any atom is 0.488 e. The fourth-order valence-corrected chi connectivity index (χ4v) is 3.13. The molecule has 0 saturated heterocycles. The second-order valence-electron chi connectivity index (χ2n) is 8.09. The summed E-state index contributed by atoms with van der Waals surface area (Å²) in [4.78, 5) is 34.3. The smallest absolute Gasteiger partial charge is 0.423 e. The first-order chi connectivity index (χ1) is 14.4. The Morgan fingerprint density at radius 2 is 1.65 bits per heavy atom.